The molecule has 3 rings (SSSR count). The molecule has 0 bridgehead atoms. The summed E-state index contributed by atoms with van der Waals surface area (Å²) < 4.78 is 5.38. The summed E-state index contributed by atoms with van der Waals surface area (Å²) in [5, 5.41) is 4.98. The van der Waals surface area contributed by atoms with E-state index in [0.29, 0.717) is 45.4 Å². The van der Waals surface area contributed by atoms with E-state index >= 15 is 0 Å². The maximum atomic E-state index is 12.4. The van der Waals surface area contributed by atoms with E-state index in [-0.39, 0.29) is 23.8 Å². The molecule has 2 aliphatic heterocycles. The van der Waals surface area contributed by atoms with Gasteiger partial charge >= 0.3 is 6.09 Å². The molecule has 7 nitrogen and oxygen atoms in total. The average molecular weight is 422 g/mol. The first-order valence-electron chi connectivity index (χ1n) is 10.3. The summed E-state index contributed by atoms with van der Waals surface area (Å²) in [4.78, 5) is 41.9. The smallest absolute Gasteiger partial charge is 0.410 e. The SMILES string of the molecule is CC(C)(C)OC(=O)N1CCC(C(=O)NCCC(=O)N2CCc3sccc3C2)CC1. The van der Waals surface area contributed by atoms with Gasteiger partial charge in [0.25, 0.3) is 0 Å². The van der Waals surface area contributed by atoms with Crippen LogP contribution in [-0.2, 0) is 27.3 Å². The number of amides is 3. The topological polar surface area (TPSA) is 79.0 Å². The molecule has 1 aromatic heterocycles. The average Bonchev–Trinajstić information content (AvgIpc) is 3.14. The molecule has 0 aliphatic carbocycles. The lowest BCUT2D eigenvalue weighted by molar-refractivity contribution is -0.132. The summed E-state index contributed by atoms with van der Waals surface area (Å²) in [6, 6.07) is 2.09. The van der Waals surface area contributed by atoms with Crippen LogP contribution in [0.5, 0.6) is 0 Å². The van der Waals surface area contributed by atoms with E-state index in [1.165, 1.54) is 10.4 Å². The minimum Gasteiger partial charge on any atom is -0.444 e. The van der Waals surface area contributed by atoms with Crippen molar-refractivity contribution >= 4 is 29.2 Å². The van der Waals surface area contributed by atoms with Crippen molar-refractivity contribution in [2.24, 2.45) is 5.92 Å². The molecule has 0 saturated carbocycles. The molecule has 0 aromatic carbocycles. The quantitative estimate of drug-likeness (QED) is 0.811. The Labute approximate surface area is 176 Å². The molecular weight excluding hydrogens is 390 g/mol. The molecule has 1 saturated heterocycles. The zero-order valence-corrected chi connectivity index (χ0v) is 18.3. The van der Waals surface area contributed by atoms with Crippen LogP contribution in [0.4, 0.5) is 4.79 Å². The zero-order chi connectivity index (χ0) is 21.0. The highest BCUT2D eigenvalue weighted by atomic mass is 32.1. The minimum atomic E-state index is -0.517. The summed E-state index contributed by atoms with van der Waals surface area (Å²) >= 11 is 1.75. The summed E-state index contributed by atoms with van der Waals surface area (Å²) in [6.07, 6.45) is 2.15. The first-order chi connectivity index (χ1) is 13.7. The predicted molar refractivity (Wildman–Crippen MR) is 112 cm³/mol. The molecule has 0 spiro atoms. The lowest BCUT2D eigenvalue weighted by Gasteiger charge is -2.33. The second-order valence-electron chi connectivity index (χ2n) is 8.72. The van der Waals surface area contributed by atoms with Crippen LogP contribution in [0, 0.1) is 5.92 Å². The normalized spacial score (nSPS) is 17.6. The van der Waals surface area contributed by atoms with Gasteiger partial charge in [-0.05, 0) is 57.0 Å². The number of hydrogen-bond donors (Lipinski definition) is 1. The van der Waals surface area contributed by atoms with Gasteiger partial charge in [0.05, 0.1) is 0 Å². The van der Waals surface area contributed by atoms with E-state index in [2.05, 4.69) is 16.8 Å². The van der Waals surface area contributed by atoms with Crippen molar-refractivity contribution in [3.63, 3.8) is 0 Å². The van der Waals surface area contributed by atoms with E-state index in [9.17, 15) is 14.4 Å². The van der Waals surface area contributed by atoms with Gasteiger partial charge in [-0.2, -0.15) is 0 Å². The van der Waals surface area contributed by atoms with Gasteiger partial charge in [0, 0.05) is 49.9 Å². The molecular formula is C21H31N3O4S. The van der Waals surface area contributed by atoms with Crippen LogP contribution in [0.25, 0.3) is 0 Å². The highest BCUT2D eigenvalue weighted by Crippen LogP contribution is 2.24. The van der Waals surface area contributed by atoms with E-state index in [4.69, 9.17) is 4.74 Å². The molecule has 1 fully saturated rings. The van der Waals surface area contributed by atoms with E-state index in [1.54, 1.807) is 16.2 Å². The molecule has 0 unspecified atom stereocenters. The standard InChI is InChI=1S/C21H31N3O4S/c1-21(2,3)28-20(27)23-10-5-15(6-11-23)19(26)22-9-4-18(25)24-12-7-17-16(14-24)8-13-29-17/h8,13,15H,4-7,9-12,14H2,1-3H3,(H,22,26). The fourth-order valence-corrected chi connectivity index (χ4v) is 4.60. The Morgan fingerprint density at radius 2 is 1.90 bits per heavy atom. The third-order valence-corrected chi connectivity index (χ3v) is 6.34. The number of nitrogens with zero attached hydrogens (tertiary/aromatic N) is 2. The Morgan fingerprint density at radius 3 is 2.59 bits per heavy atom. The van der Waals surface area contributed by atoms with Gasteiger partial charge in [0.15, 0.2) is 0 Å². The number of hydrogen-bond acceptors (Lipinski definition) is 5. The second-order valence-corrected chi connectivity index (χ2v) is 9.72. The van der Waals surface area contributed by atoms with Gasteiger partial charge < -0.3 is 19.9 Å². The Balaban J connectivity index is 1.35. The van der Waals surface area contributed by atoms with Crippen molar-refractivity contribution in [2.75, 3.05) is 26.2 Å². The van der Waals surface area contributed by atoms with Crippen LogP contribution in [-0.4, -0.2) is 59.5 Å². The molecule has 160 valence electrons. The van der Waals surface area contributed by atoms with Gasteiger partial charge in [-0.15, -0.1) is 11.3 Å². The number of piperidine rings is 1. The number of likely N-dealkylation sites (tertiary alicyclic amines) is 1. The summed E-state index contributed by atoms with van der Waals surface area (Å²) in [5.74, 6) is -0.0607. The van der Waals surface area contributed by atoms with E-state index in [1.807, 2.05) is 25.7 Å². The molecule has 3 heterocycles. The largest absolute Gasteiger partial charge is 0.444 e. The van der Waals surface area contributed by atoms with Gasteiger partial charge in [0.1, 0.15) is 5.60 Å². The fraction of sp³-hybridized carbons (Fsp3) is 0.667. The molecule has 2 aliphatic rings. The first kappa shape index (κ1) is 21.6. The highest BCUT2D eigenvalue weighted by Gasteiger charge is 2.30. The van der Waals surface area contributed by atoms with Crippen molar-refractivity contribution in [1.82, 2.24) is 15.1 Å². The lowest BCUT2D eigenvalue weighted by atomic mass is 9.96. The predicted octanol–water partition coefficient (Wildman–Crippen LogP) is 2.79. The van der Waals surface area contributed by atoms with Crippen molar-refractivity contribution in [2.45, 2.75) is 58.6 Å². The summed E-state index contributed by atoms with van der Waals surface area (Å²) in [7, 11) is 0. The lowest BCUT2D eigenvalue weighted by Crippen LogP contribution is -2.45. The Bertz CT molecular complexity index is 747. The van der Waals surface area contributed by atoms with Crippen molar-refractivity contribution in [3.05, 3.63) is 21.9 Å². The summed E-state index contributed by atoms with van der Waals surface area (Å²) in [6.45, 7) is 8.35. The third-order valence-electron chi connectivity index (χ3n) is 5.32. The molecule has 29 heavy (non-hydrogen) atoms. The molecule has 1 aromatic rings. The van der Waals surface area contributed by atoms with Crippen LogP contribution in [0.3, 0.4) is 0 Å². The van der Waals surface area contributed by atoms with Crippen LogP contribution in [0.1, 0.15) is 50.5 Å². The number of nitrogens with one attached hydrogen (secondary N) is 1. The highest BCUT2D eigenvalue weighted by molar-refractivity contribution is 7.10. The number of carbonyl (C=O) groups is 3. The number of rotatable bonds is 4. The first-order valence-corrected chi connectivity index (χ1v) is 11.2. The van der Waals surface area contributed by atoms with Gasteiger partial charge in [-0.25, -0.2) is 4.79 Å². The van der Waals surface area contributed by atoms with Gasteiger partial charge in [0.2, 0.25) is 11.8 Å². The van der Waals surface area contributed by atoms with Crippen LogP contribution >= 0.6 is 11.3 Å². The number of fused-ring (bicyclic) bond motifs is 1. The number of ether oxygens (including phenoxy) is 1. The molecule has 3 amide bonds. The van der Waals surface area contributed by atoms with Crippen LogP contribution < -0.4 is 5.32 Å². The van der Waals surface area contributed by atoms with Gasteiger partial charge in [-0.3, -0.25) is 9.59 Å². The second kappa shape index (κ2) is 9.15. The van der Waals surface area contributed by atoms with Crippen LogP contribution in [0.2, 0.25) is 0 Å². The fourth-order valence-electron chi connectivity index (χ4n) is 3.71. The molecule has 8 heteroatoms. The van der Waals surface area contributed by atoms with E-state index in [0.717, 1.165) is 13.0 Å². The van der Waals surface area contributed by atoms with Crippen LogP contribution in [0.15, 0.2) is 11.4 Å². The third kappa shape index (κ3) is 5.95. The molecule has 1 N–H and O–H groups in total. The minimum absolute atomic E-state index is 0.0274. The Kier molecular flexibility index (Phi) is 6.82. The Hall–Kier alpha value is -2.09. The molecule has 0 atom stereocenters. The zero-order valence-electron chi connectivity index (χ0n) is 17.5. The van der Waals surface area contributed by atoms with Gasteiger partial charge in [-0.1, -0.05) is 0 Å². The Morgan fingerprint density at radius 1 is 1.17 bits per heavy atom. The number of carbonyl (C=O) groups excluding carboxylic acids is 3. The maximum Gasteiger partial charge on any atom is 0.410 e. The van der Waals surface area contributed by atoms with Crippen molar-refractivity contribution < 1.29 is 19.1 Å². The van der Waals surface area contributed by atoms with Crippen molar-refractivity contribution in [1.29, 1.82) is 0 Å². The van der Waals surface area contributed by atoms with Crippen molar-refractivity contribution in [3.8, 4) is 0 Å². The maximum absolute atomic E-state index is 12.4. The number of thiophene rings is 1. The van der Waals surface area contributed by atoms with E-state index < -0.39 is 5.60 Å². The monoisotopic (exact) mass is 421 g/mol. The molecule has 0 radical (unpaired) electrons. The summed E-state index contributed by atoms with van der Waals surface area (Å²) in [5.41, 5.74) is 0.729.